The Labute approximate surface area is 150 Å². The largest absolute Gasteiger partial charge is 0.379 e. The lowest BCUT2D eigenvalue weighted by Crippen LogP contribution is -2.43. The van der Waals surface area contributed by atoms with Gasteiger partial charge < -0.3 is 10.2 Å². The summed E-state index contributed by atoms with van der Waals surface area (Å²) in [5, 5.41) is 7.66. The van der Waals surface area contributed by atoms with E-state index in [0.717, 1.165) is 24.2 Å². The van der Waals surface area contributed by atoms with Crippen LogP contribution in [0.25, 0.3) is 5.65 Å². The summed E-state index contributed by atoms with van der Waals surface area (Å²) in [5.41, 5.74) is 2.47. The molecule has 1 N–H and O–H groups in total. The number of pyridine rings is 1. The highest BCUT2D eigenvalue weighted by atomic mass is 19.1. The van der Waals surface area contributed by atoms with Gasteiger partial charge in [-0.2, -0.15) is 5.10 Å². The first-order valence-corrected chi connectivity index (χ1v) is 8.76. The lowest BCUT2D eigenvalue weighted by atomic mass is 10.0. The van der Waals surface area contributed by atoms with Crippen LogP contribution in [0.4, 0.5) is 10.1 Å². The van der Waals surface area contributed by atoms with Crippen LogP contribution >= 0.6 is 0 Å². The van der Waals surface area contributed by atoms with Crippen LogP contribution in [0, 0.1) is 5.82 Å². The second-order valence-electron chi connectivity index (χ2n) is 6.56. The van der Waals surface area contributed by atoms with Crippen LogP contribution in [0.3, 0.4) is 0 Å². The highest BCUT2D eigenvalue weighted by Gasteiger charge is 2.23. The number of aromatic nitrogens is 3. The molecular weight excluding hydrogens is 333 g/mol. The molecule has 0 radical (unpaired) electrons. The maximum atomic E-state index is 13.3. The quantitative estimate of drug-likeness (QED) is 0.783. The number of carbonyl (C=O) groups is 1. The summed E-state index contributed by atoms with van der Waals surface area (Å²) in [6.45, 7) is 1.39. The van der Waals surface area contributed by atoms with E-state index in [2.05, 4.69) is 15.4 Å². The average molecular weight is 353 g/mol. The van der Waals surface area contributed by atoms with Gasteiger partial charge in [0.25, 0.3) is 0 Å². The molecule has 1 amide bonds. The van der Waals surface area contributed by atoms with Crippen molar-refractivity contribution in [1.29, 1.82) is 0 Å². The van der Waals surface area contributed by atoms with Gasteiger partial charge in [0, 0.05) is 25.3 Å². The number of hydrogen-bond donors (Lipinski definition) is 1. The Morgan fingerprint density at radius 3 is 2.88 bits per heavy atom. The van der Waals surface area contributed by atoms with Gasteiger partial charge in [-0.05, 0) is 42.7 Å². The fourth-order valence-corrected chi connectivity index (χ4v) is 3.39. The number of amides is 1. The van der Waals surface area contributed by atoms with E-state index in [9.17, 15) is 9.18 Å². The Bertz CT molecular complexity index is 917. The van der Waals surface area contributed by atoms with Crippen molar-refractivity contribution >= 4 is 17.2 Å². The number of carbonyl (C=O) groups excluding carboxylic acids is 1. The van der Waals surface area contributed by atoms with Gasteiger partial charge >= 0.3 is 0 Å². The van der Waals surface area contributed by atoms with Crippen molar-refractivity contribution in [2.24, 2.45) is 0 Å². The molecule has 2 aromatic heterocycles. The summed E-state index contributed by atoms with van der Waals surface area (Å²) in [5.74, 6) is -0.255. The highest BCUT2D eigenvalue weighted by molar-refractivity contribution is 5.79. The molecular formula is C19H20FN5O. The average Bonchev–Trinajstić information content (AvgIpc) is 3.12. The first-order valence-electron chi connectivity index (χ1n) is 8.76. The van der Waals surface area contributed by atoms with Crippen LogP contribution < -0.4 is 5.32 Å². The first-order chi connectivity index (χ1) is 12.7. The first kappa shape index (κ1) is 16.5. The summed E-state index contributed by atoms with van der Waals surface area (Å²) in [4.78, 5) is 18.6. The molecule has 3 aromatic rings. The zero-order valence-corrected chi connectivity index (χ0v) is 14.3. The van der Waals surface area contributed by atoms with E-state index in [0.29, 0.717) is 18.7 Å². The third-order valence-corrected chi connectivity index (χ3v) is 4.76. The van der Waals surface area contributed by atoms with Crippen LogP contribution in [0.1, 0.15) is 18.4 Å². The molecule has 3 heterocycles. The summed E-state index contributed by atoms with van der Waals surface area (Å²) >= 11 is 0. The fourth-order valence-electron chi connectivity index (χ4n) is 3.39. The van der Waals surface area contributed by atoms with Gasteiger partial charge in [0.2, 0.25) is 5.91 Å². The number of fused-ring (bicyclic) bond motifs is 1. The minimum atomic E-state index is -0.305. The van der Waals surface area contributed by atoms with Crippen LogP contribution in [-0.4, -0.2) is 44.5 Å². The monoisotopic (exact) mass is 353 g/mol. The van der Waals surface area contributed by atoms with Gasteiger partial charge in [-0.1, -0.05) is 12.1 Å². The number of piperidine rings is 1. The van der Waals surface area contributed by atoms with Gasteiger partial charge in [-0.15, -0.1) is 0 Å². The van der Waals surface area contributed by atoms with Gasteiger partial charge in [0.05, 0.1) is 12.1 Å². The number of rotatable bonds is 4. The number of hydrogen-bond acceptors (Lipinski definition) is 4. The number of nitrogens with one attached hydrogen (secondary N) is 1. The maximum Gasteiger partial charge on any atom is 0.226 e. The lowest BCUT2D eigenvalue weighted by molar-refractivity contribution is -0.131. The Balaban J connectivity index is 1.34. The Hall–Kier alpha value is -2.96. The van der Waals surface area contributed by atoms with Crippen molar-refractivity contribution in [2.75, 3.05) is 18.4 Å². The van der Waals surface area contributed by atoms with E-state index in [4.69, 9.17) is 0 Å². The zero-order chi connectivity index (χ0) is 17.9. The van der Waals surface area contributed by atoms with Gasteiger partial charge in [-0.3, -0.25) is 4.79 Å². The van der Waals surface area contributed by atoms with Gasteiger partial charge in [-0.25, -0.2) is 13.9 Å². The number of likely N-dealkylation sites (tertiary alicyclic amines) is 1. The molecule has 0 aliphatic carbocycles. The van der Waals surface area contributed by atoms with E-state index < -0.39 is 0 Å². The molecule has 0 atom stereocenters. The number of benzene rings is 1. The minimum absolute atomic E-state index is 0.0496. The van der Waals surface area contributed by atoms with Crippen molar-refractivity contribution in [2.45, 2.75) is 25.3 Å². The zero-order valence-electron chi connectivity index (χ0n) is 14.3. The van der Waals surface area contributed by atoms with Crippen molar-refractivity contribution in [1.82, 2.24) is 19.5 Å². The molecule has 0 saturated carbocycles. The van der Waals surface area contributed by atoms with Crippen molar-refractivity contribution in [3.8, 4) is 0 Å². The van der Waals surface area contributed by atoms with E-state index in [1.54, 1.807) is 16.6 Å². The molecule has 1 aliphatic heterocycles. The van der Waals surface area contributed by atoms with Crippen LogP contribution in [0.2, 0.25) is 0 Å². The molecule has 1 saturated heterocycles. The predicted molar refractivity (Wildman–Crippen MR) is 96.3 cm³/mol. The standard InChI is InChI=1S/C19H20FN5O/c20-15-4-1-3-14(11-15)12-18(26)24-9-6-16(7-10-24)23-17-5-2-8-25-19(17)21-13-22-25/h1-5,8,11,13,16,23H,6-7,9-10,12H2. The Morgan fingerprint density at radius 1 is 1.23 bits per heavy atom. The molecule has 0 unspecified atom stereocenters. The molecule has 0 bridgehead atoms. The maximum absolute atomic E-state index is 13.3. The Kier molecular flexibility index (Phi) is 4.51. The van der Waals surface area contributed by atoms with E-state index in [1.807, 2.05) is 23.2 Å². The van der Waals surface area contributed by atoms with Gasteiger partial charge in [0.15, 0.2) is 5.65 Å². The number of halogens is 1. The molecule has 6 nitrogen and oxygen atoms in total. The van der Waals surface area contributed by atoms with E-state index in [-0.39, 0.29) is 24.2 Å². The predicted octanol–water partition coefficient (Wildman–Crippen LogP) is 2.51. The number of nitrogens with zero attached hydrogens (tertiary/aromatic N) is 4. The summed E-state index contributed by atoms with van der Waals surface area (Å²) in [6, 6.07) is 10.4. The van der Waals surface area contributed by atoms with Crippen LogP contribution in [-0.2, 0) is 11.2 Å². The van der Waals surface area contributed by atoms with E-state index >= 15 is 0 Å². The molecule has 4 rings (SSSR count). The smallest absolute Gasteiger partial charge is 0.226 e. The third kappa shape index (κ3) is 3.51. The molecule has 1 aliphatic rings. The van der Waals surface area contributed by atoms with Crippen molar-refractivity contribution < 1.29 is 9.18 Å². The summed E-state index contributed by atoms with van der Waals surface area (Å²) < 4.78 is 15.0. The van der Waals surface area contributed by atoms with Crippen LogP contribution in [0.5, 0.6) is 0 Å². The lowest BCUT2D eigenvalue weighted by Gasteiger charge is -2.33. The topological polar surface area (TPSA) is 62.5 Å². The SMILES string of the molecule is O=C(Cc1cccc(F)c1)N1CCC(Nc2cccn3ncnc23)CC1. The molecule has 7 heteroatoms. The normalized spacial score (nSPS) is 15.3. The minimum Gasteiger partial charge on any atom is -0.379 e. The second kappa shape index (κ2) is 7.11. The summed E-state index contributed by atoms with van der Waals surface area (Å²) in [6.07, 6.45) is 5.37. The highest BCUT2D eigenvalue weighted by Crippen LogP contribution is 2.20. The fraction of sp³-hybridized carbons (Fsp3) is 0.316. The molecule has 134 valence electrons. The molecule has 1 fully saturated rings. The third-order valence-electron chi connectivity index (χ3n) is 4.76. The Morgan fingerprint density at radius 2 is 2.08 bits per heavy atom. The summed E-state index contributed by atoms with van der Waals surface area (Å²) in [7, 11) is 0. The van der Waals surface area contributed by atoms with Crippen molar-refractivity contribution in [3.63, 3.8) is 0 Å². The van der Waals surface area contributed by atoms with E-state index in [1.165, 1.54) is 18.5 Å². The van der Waals surface area contributed by atoms with Crippen LogP contribution in [0.15, 0.2) is 48.9 Å². The molecule has 0 spiro atoms. The second-order valence-corrected chi connectivity index (χ2v) is 6.56. The van der Waals surface area contributed by atoms with Crippen molar-refractivity contribution in [3.05, 3.63) is 60.3 Å². The molecule has 26 heavy (non-hydrogen) atoms. The molecule has 1 aromatic carbocycles. The van der Waals surface area contributed by atoms with Gasteiger partial charge in [0.1, 0.15) is 12.1 Å². The number of anilines is 1.